The Kier molecular flexibility index (Phi) is 5.19. The standard InChI is InChI=1S/C21H20O3S/c1-4-24-21(22)20-18(15-9-11-17(23-3)12-10-15)13-19(25-20)16-7-5-14(2)6-8-16/h5-13H,4H2,1-3H3. The van der Waals surface area contributed by atoms with Gasteiger partial charge in [0.05, 0.1) is 13.7 Å². The van der Waals surface area contributed by atoms with Crippen LogP contribution in [-0.4, -0.2) is 19.7 Å². The molecule has 3 rings (SSSR count). The average molecular weight is 352 g/mol. The van der Waals surface area contributed by atoms with Gasteiger partial charge in [0.1, 0.15) is 10.6 Å². The van der Waals surface area contributed by atoms with Crippen LogP contribution in [0.3, 0.4) is 0 Å². The fraction of sp³-hybridized carbons (Fsp3) is 0.190. The lowest BCUT2D eigenvalue weighted by Gasteiger charge is -2.05. The molecular weight excluding hydrogens is 332 g/mol. The van der Waals surface area contributed by atoms with E-state index in [0.29, 0.717) is 11.5 Å². The molecule has 3 nitrogen and oxygen atoms in total. The summed E-state index contributed by atoms with van der Waals surface area (Å²) in [4.78, 5) is 14.1. The average Bonchev–Trinajstić information content (AvgIpc) is 3.08. The number of benzene rings is 2. The highest BCUT2D eigenvalue weighted by Gasteiger charge is 2.19. The number of esters is 1. The first-order chi connectivity index (χ1) is 12.1. The van der Waals surface area contributed by atoms with Crippen molar-refractivity contribution in [2.75, 3.05) is 13.7 Å². The normalized spacial score (nSPS) is 10.5. The van der Waals surface area contributed by atoms with Crippen LogP contribution in [0.5, 0.6) is 5.75 Å². The highest BCUT2D eigenvalue weighted by molar-refractivity contribution is 7.17. The Morgan fingerprint density at radius 3 is 2.24 bits per heavy atom. The van der Waals surface area contributed by atoms with E-state index in [9.17, 15) is 4.79 Å². The summed E-state index contributed by atoms with van der Waals surface area (Å²) >= 11 is 1.47. The minimum Gasteiger partial charge on any atom is -0.497 e. The maximum Gasteiger partial charge on any atom is 0.348 e. The molecule has 0 spiro atoms. The maximum absolute atomic E-state index is 12.4. The van der Waals surface area contributed by atoms with Gasteiger partial charge in [0, 0.05) is 10.4 Å². The maximum atomic E-state index is 12.4. The summed E-state index contributed by atoms with van der Waals surface area (Å²) in [6.45, 7) is 4.24. The third kappa shape index (κ3) is 3.74. The van der Waals surface area contributed by atoms with E-state index in [0.717, 1.165) is 27.3 Å². The van der Waals surface area contributed by atoms with Gasteiger partial charge in [-0.25, -0.2) is 4.79 Å². The molecule has 0 bridgehead atoms. The number of ether oxygens (including phenoxy) is 2. The number of hydrogen-bond donors (Lipinski definition) is 0. The number of carbonyl (C=O) groups excluding carboxylic acids is 1. The molecule has 3 aromatic rings. The third-order valence-electron chi connectivity index (χ3n) is 3.93. The predicted molar refractivity (Wildman–Crippen MR) is 102 cm³/mol. The van der Waals surface area contributed by atoms with Crippen LogP contribution < -0.4 is 4.74 Å². The zero-order valence-electron chi connectivity index (χ0n) is 14.5. The quantitative estimate of drug-likeness (QED) is 0.563. The van der Waals surface area contributed by atoms with Crippen LogP contribution in [0, 0.1) is 6.92 Å². The lowest BCUT2D eigenvalue weighted by Crippen LogP contribution is -2.03. The predicted octanol–water partition coefficient (Wildman–Crippen LogP) is 5.58. The van der Waals surface area contributed by atoms with Crippen molar-refractivity contribution in [2.45, 2.75) is 13.8 Å². The first-order valence-corrected chi connectivity index (χ1v) is 8.96. The first kappa shape index (κ1) is 17.2. The summed E-state index contributed by atoms with van der Waals surface area (Å²) in [5, 5.41) is 0. The van der Waals surface area contributed by atoms with Gasteiger partial charge in [0.25, 0.3) is 0 Å². The van der Waals surface area contributed by atoms with Gasteiger partial charge in [-0.1, -0.05) is 42.0 Å². The molecule has 2 aromatic carbocycles. The zero-order valence-corrected chi connectivity index (χ0v) is 15.4. The lowest BCUT2D eigenvalue weighted by molar-refractivity contribution is 0.0533. The van der Waals surface area contributed by atoms with Gasteiger partial charge in [-0.15, -0.1) is 11.3 Å². The van der Waals surface area contributed by atoms with E-state index in [1.807, 2.05) is 31.2 Å². The molecule has 0 saturated heterocycles. The van der Waals surface area contributed by atoms with Crippen molar-refractivity contribution < 1.29 is 14.3 Å². The molecule has 0 aliphatic carbocycles. The molecule has 1 heterocycles. The molecule has 0 N–H and O–H groups in total. The Balaban J connectivity index is 2.07. The molecule has 0 aliphatic heterocycles. The second-order valence-electron chi connectivity index (χ2n) is 5.67. The molecule has 0 radical (unpaired) electrons. The second-order valence-corrected chi connectivity index (χ2v) is 6.72. The number of hydrogen-bond acceptors (Lipinski definition) is 4. The van der Waals surface area contributed by atoms with Crippen molar-refractivity contribution >= 4 is 17.3 Å². The van der Waals surface area contributed by atoms with Gasteiger partial charge >= 0.3 is 5.97 Å². The molecule has 25 heavy (non-hydrogen) atoms. The Morgan fingerprint density at radius 1 is 1.00 bits per heavy atom. The minimum atomic E-state index is -0.281. The monoisotopic (exact) mass is 352 g/mol. The van der Waals surface area contributed by atoms with E-state index < -0.39 is 0 Å². The van der Waals surface area contributed by atoms with Crippen LogP contribution >= 0.6 is 11.3 Å². The van der Waals surface area contributed by atoms with E-state index in [4.69, 9.17) is 9.47 Å². The van der Waals surface area contributed by atoms with Crippen LogP contribution in [0.1, 0.15) is 22.2 Å². The molecule has 1 aromatic heterocycles. The van der Waals surface area contributed by atoms with Crippen molar-refractivity contribution in [3.05, 3.63) is 65.0 Å². The van der Waals surface area contributed by atoms with Crippen LogP contribution in [0.4, 0.5) is 0 Å². The zero-order chi connectivity index (χ0) is 17.8. The molecule has 0 fully saturated rings. The van der Waals surface area contributed by atoms with Crippen LogP contribution in [0.25, 0.3) is 21.6 Å². The minimum absolute atomic E-state index is 0.281. The summed E-state index contributed by atoms with van der Waals surface area (Å²) in [5.74, 6) is 0.507. The summed E-state index contributed by atoms with van der Waals surface area (Å²) in [6, 6.07) is 18.1. The summed E-state index contributed by atoms with van der Waals surface area (Å²) < 4.78 is 10.5. The highest BCUT2D eigenvalue weighted by atomic mass is 32.1. The van der Waals surface area contributed by atoms with Crippen LogP contribution in [0.2, 0.25) is 0 Å². The smallest absolute Gasteiger partial charge is 0.348 e. The van der Waals surface area contributed by atoms with Crippen molar-refractivity contribution in [1.82, 2.24) is 0 Å². The van der Waals surface area contributed by atoms with E-state index in [-0.39, 0.29) is 5.97 Å². The fourth-order valence-corrected chi connectivity index (χ4v) is 3.66. The van der Waals surface area contributed by atoms with Gasteiger partial charge in [-0.3, -0.25) is 0 Å². The molecule has 0 amide bonds. The fourth-order valence-electron chi connectivity index (χ4n) is 2.58. The Bertz CT molecular complexity index is 861. The Hall–Kier alpha value is -2.59. The lowest BCUT2D eigenvalue weighted by atomic mass is 10.0. The van der Waals surface area contributed by atoms with Crippen LogP contribution in [0.15, 0.2) is 54.6 Å². The molecule has 0 aliphatic rings. The number of thiophene rings is 1. The highest BCUT2D eigenvalue weighted by Crippen LogP contribution is 2.38. The van der Waals surface area contributed by atoms with Crippen molar-refractivity contribution in [1.29, 1.82) is 0 Å². The SMILES string of the molecule is CCOC(=O)c1sc(-c2ccc(C)cc2)cc1-c1ccc(OC)cc1. The van der Waals surface area contributed by atoms with E-state index in [2.05, 4.69) is 37.3 Å². The topological polar surface area (TPSA) is 35.5 Å². The number of aryl methyl sites for hydroxylation is 1. The summed E-state index contributed by atoms with van der Waals surface area (Å²) in [5.41, 5.74) is 4.17. The largest absolute Gasteiger partial charge is 0.497 e. The number of carbonyl (C=O) groups is 1. The van der Waals surface area contributed by atoms with Crippen LogP contribution in [-0.2, 0) is 4.74 Å². The van der Waals surface area contributed by atoms with Gasteiger partial charge in [0.2, 0.25) is 0 Å². The molecule has 0 saturated carbocycles. The molecule has 0 atom stereocenters. The van der Waals surface area contributed by atoms with E-state index >= 15 is 0 Å². The first-order valence-electron chi connectivity index (χ1n) is 8.14. The van der Waals surface area contributed by atoms with Gasteiger partial charge < -0.3 is 9.47 Å². The molecule has 4 heteroatoms. The van der Waals surface area contributed by atoms with Gasteiger partial charge in [0.15, 0.2) is 0 Å². The van der Waals surface area contributed by atoms with Gasteiger partial charge in [-0.2, -0.15) is 0 Å². The van der Waals surface area contributed by atoms with Crippen molar-refractivity contribution in [2.24, 2.45) is 0 Å². The van der Waals surface area contributed by atoms with Gasteiger partial charge in [-0.05, 0) is 43.2 Å². The summed E-state index contributed by atoms with van der Waals surface area (Å²) in [7, 11) is 1.64. The van der Waals surface area contributed by atoms with E-state index in [1.54, 1.807) is 7.11 Å². The Morgan fingerprint density at radius 2 is 1.64 bits per heavy atom. The van der Waals surface area contributed by atoms with E-state index in [1.165, 1.54) is 16.9 Å². The molecular formula is C21H20O3S. The molecule has 128 valence electrons. The number of methoxy groups -OCH3 is 1. The number of rotatable bonds is 5. The molecule has 0 unspecified atom stereocenters. The second kappa shape index (κ2) is 7.53. The van der Waals surface area contributed by atoms with Crippen molar-refractivity contribution in [3.63, 3.8) is 0 Å². The Labute approximate surface area is 151 Å². The van der Waals surface area contributed by atoms with Crippen molar-refractivity contribution in [3.8, 4) is 27.3 Å². The third-order valence-corrected chi connectivity index (χ3v) is 5.09. The summed E-state index contributed by atoms with van der Waals surface area (Å²) in [6.07, 6.45) is 0.